The van der Waals surface area contributed by atoms with Crippen LogP contribution in [0, 0.1) is 5.92 Å². The number of rotatable bonds is 4. The maximum Gasteiger partial charge on any atom is 0.183 e. The van der Waals surface area contributed by atoms with Crippen molar-refractivity contribution in [2.45, 2.75) is 32.2 Å². The fraction of sp³-hybridized carbons (Fsp3) is 0.462. The number of halogens is 1. The van der Waals surface area contributed by atoms with Crippen molar-refractivity contribution >= 4 is 42.6 Å². The molecule has 0 saturated heterocycles. The van der Waals surface area contributed by atoms with Crippen LogP contribution in [-0.2, 0) is 0 Å². The molecule has 1 saturated carbocycles. The van der Waals surface area contributed by atoms with Crippen LogP contribution >= 0.6 is 27.3 Å². The van der Waals surface area contributed by atoms with E-state index in [0.29, 0.717) is 6.04 Å². The van der Waals surface area contributed by atoms with Gasteiger partial charge in [-0.05, 0) is 37.5 Å². The highest BCUT2D eigenvalue weighted by molar-refractivity contribution is 9.10. The number of hydrogen-bond acceptors (Lipinski definition) is 3. The van der Waals surface area contributed by atoms with Gasteiger partial charge in [-0.3, -0.25) is 0 Å². The number of nitrogens with zero attached hydrogens (tertiary/aromatic N) is 1. The van der Waals surface area contributed by atoms with Gasteiger partial charge in [0.2, 0.25) is 0 Å². The second-order valence-corrected chi connectivity index (χ2v) is 6.80. The van der Waals surface area contributed by atoms with Crippen LogP contribution in [-0.4, -0.2) is 11.0 Å². The van der Waals surface area contributed by atoms with Gasteiger partial charge in [0.15, 0.2) is 5.13 Å². The molecule has 2 nitrogen and oxygen atoms in total. The van der Waals surface area contributed by atoms with Gasteiger partial charge in [0.05, 0.1) is 10.2 Å². The number of thiazole rings is 1. The number of nitrogens with one attached hydrogen (secondary N) is 1. The Balaban J connectivity index is 1.75. The van der Waals surface area contributed by atoms with E-state index < -0.39 is 0 Å². The second-order valence-electron chi connectivity index (χ2n) is 4.86. The van der Waals surface area contributed by atoms with Gasteiger partial charge in [-0.2, -0.15) is 0 Å². The summed E-state index contributed by atoms with van der Waals surface area (Å²) in [5, 5.41) is 4.56. The van der Waals surface area contributed by atoms with E-state index in [0.717, 1.165) is 21.0 Å². The summed E-state index contributed by atoms with van der Waals surface area (Å²) in [5.41, 5.74) is 1.08. The summed E-state index contributed by atoms with van der Waals surface area (Å²) in [6, 6.07) is 6.77. The summed E-state index contributed by atoms with van der Waals surface area (Å²) in [6.07, 6.45) is 4.11. The van der Waals surface area contributed by atoms with Crippen molar-refractivity contribution in [3.05, 3.63) is 22.7 Å². The fourth-order valence-electron chi connectivity index (χ4n) is 2.08. The zero-order chi connectivity index (χ0) is 11.8. The highest BCUT2D eigenvalue weighted by atomic mass is 79.9. The molecule has 0 spiro atoms. The third kappa shape index (κ3) is 2.80. The largest absolute Gasteiger partial charge is 0.359 e. The molecule has 0 aliphatic heterocycles. The smallest absolute Gasteiger partial charge is 0.183 e. The van der Waals surface area contributed by atoms with Crippen molar-refractivity contribution in [1.29, 1.82) is 0 Å². The van der Waals surface area contributed by atoms with Crippen molar-refractivity contribution in [3.63, 3.8) is 0 Å². The lowest BCUT2D eigenvalue weighted by Gasteiger charge is -2.11. The molecule has 17 heavy (non-hydrogen) atoms. The van der Waals surface area contributed by atoms with E-state index >= 15 is 0 Å². The van der Waals surface area contributed by atoms with Crippen molar-refractivity contribution in [3.8, 4) is 0 Å². The van der Waals surface area contributed by atoms with Gasteiger partial charge < -0.3 is 5.32 Å². The quantitative estimate of drug-likeness (QED) is 0.888. The van der Waals surface area contributed by atoms with Crippen LogP contribution in [0.5, 0.6) is 0 Å². The van der Waals surface area contributed by atoms with E-state index in [1.165, 1.54) is 24.0 Å². The average Bonchev–Trinajstić information content (AvgIpc) is 2.97. The Morgan fingerprint density at radius 2 is 2.35 bits per heavy atom. The first-order valence-corrected chi connectivity index (χ1v) is 7.64. The number of fused-ring (bicyclic) bond motifs is 1. The van der Waals surface area contributed by atoms with Crippen molar-refractivity contribution in [1.82, 2.24) is 4.98 Å². The van der Waals surface area contributed by atoms with E-state index in [9.17, 15) is 0 Å². The molecule has 1 heterocycles. The number of aromatic nitrogens is 1. The van der Waals surface area contributed by atoms with Crippen LogP contribution in [0.15, 0.2) is 22.7 Å². The minimum Gasteiger partial charge on any atom is -0.359 e. The van der Waals surface area contributed by atoms with Crippen molar-refractivity contribution < 1.29 is 0 Å². The van der Waals surface area contributed by atoms with Crippen molar-refractivity contribution in [2.75, 3.05) is 5.32 Å². The molecule has 3 rings (SSSR count). The minimum atomic E-state index is 0.534. The van der Waals surface area contributed by atoms with E-state index in [4.69, 9.17) is 0 Å². The van der Waals surface area contributed by atoms with Gasteiger partial charge in [0.25, 0.3) is 0 Å². The van der Waals surface area contributed by atoms with Crippen LogP contribution in [0.3, 0.4) is 0 Å². The summed E-state index contributed by atoms with van der Waals surface area (Å²) >= 11 is 5.23. The molecule has 0 bridgehead atoms. The molecular weight excluding hydrogens is 296 g/mol. The topological polar surface area (TPSA) is 24.9 Å². The van der Waals surface area contributed by atoms with Gasteiger partial charge in [-0.15, -0.1) is 0 Å². The highest BCUT2D eigenvalue weighted by Gasteiger charge is 2.23. The average molecular weight is 311 g/mol. The molecule has 90 valence electrons. The molecule has 0 amide bonds. The summed E-state index contributed by atoms with van der Waals surface area (Å²) in [7, 11) is 0. The molecule has 1 aliphatic rings. The van der Waals surface area contributed by atoms with Crippen LogP contribution in [0.2, 0.25) is 0 Å². The van der Waals surface area contributed by atoms with E-state index in [2.05, 4.69) is 45.3 Å². The molecular formula is C13H15BrN2S. The van der Waals surface area contributed by atoms with Crippen molar-refractivity contribution in [2.24, 2.45) is 5.92 Å². The first-order chi connectivity index (χ1) is 8.20. The van der Waals surface area contributed by atoms with Gasteiger partial charge in [0.1, 0.15) is 0 Å². The normalized spacial score (nSPS) is 17.3. The monoisotopic (exact) mass is 310 g/mol. The Bertz CT molecular complexity index is 533. The molecule has 1 unspecified atom stereocenters. The molecule has 4 heteroatoms. The number of benzene rings is 1. The third-order valence-electron chi connectivity index (χ3n) is 3.10. The lowest BCUT2D eigenvalue weighted by molar-refractivity contribution is 0.642. The SMILES string of the molecule is CC(CC1CC1)Nc1nc2ccc(Br)cc2s1. The molecule has 2 aromatic rings. The molecule has 1 aliphatic carbocycles. The molecule has 0 radical (unpaired) electrons. The molecule has 1 aromatic heterocycles. The summed E-state index contributed by atoms with van der Waals surface area (Å²) in [4.78, 5) is 4.61. The Morgan fingerprint density at radius 1 is 1.53 bits per heavy atom. The van der Waals surface area contributed by atoms with Gasteiger partial charge in [0, 0.05) is 10.5 Å². The van der Waals surface area contributed by atoms with E-state index in [1.807, 2.05) is 6.07 Å². The van der Waals surface area contributed by atoms with Gasteiger partial charge in [-0.1, -0.05) is 40.1 Å². The minimum absolute atomic E-state index is 0.534. The Labute approximate surface area is 114 Å². The number of hydrogen-bond donors (Lipinski definition) is 1. The fourth-order valence-corrected chi connectivity index (χ4v) is 3.61. The van der Waals surface area contributed by atoms with Crippen LogP contribution in [0.25, 0.3) is 10.2 Å². The maximum absolute atomic E-state index is 4.61. The first-order valence-electron chi connectivity index (χ1n) is 6.03. The van der Waals surface area contributed by atoms with Gasteiger partial charge >= 0.3 is 0 Å². The Morgan fingerprint density at radius 3 is 3.12 bits per heavy atom. The molecule has 1 N–H and O–H groups in total. The highest BCUT2D eigenvalue weighted by Crippen LogP contribution is 2.35. The van der Waals surface area contributed by atoms with Crippen LogP contribution < -0.4 is 5.32 Å². The Hall–Kier alpha value is -0.610. The predicted octanol–water partition coefficient (Wildman–Crippen LogP) is 4.66. The zero-order valence-electron chi connectivity index (χ0n) is 9.74. The molecule has 1 fully saturated rings. The first kappa shape index (κ1) is 11.5. The van der Waals surface area contributed by atoms with Crippen LogP contribution in [0.4, 0.5) is 5.13 Å². The van der Waals surface area contributed by atoms with Gasteiger partial charge in [-0.25, -0.2) is 4.98 Å². The van der Waals surface area contributed by atoms with E-state index in [-0.39, 0.29) is 0 Å². The molecule has 1 atom stereocenters. The zero-order valence-corrected chi connectivity index (χ0v) is 12.1. The number of anilines is 1. The van der Waals surface area contributed by atoms with E-state index in [1.54, 1.807) is 11.3 Å². The third-order valence-corrected chi connectivity index (χ3v) is 4.55. The standard InChI is InChI=1S/C13H15BrN2S/c1-8(6-9-2-3-9)15-13-16-11-5-4-10(14)7-12(11)17-13/h4-5,7-9H,2-3,6H2,1H3,(H,15,16). The second kappa shape index (κ2) is 4.58. The van der Waals surface area contributed by atoms with Crippen LogP contribution in [0.1, 0.15) is 26.2 Å². The lowest BCUT2D eigenvalue weighted by atomic mass is 10.2. The Kier molecular flexibility index (Phi) is 3.09. The summed E-state index contributed by atoms with van der Waals surface area (Å²) < 4.78 is 2.35. The maximum atomic E-state index is 4.61. The molecule has 1 aromatic carbocycles. The predicted molar refractivity (Wildman–Crippen MR) is 77.7 cm³/mol. The lowest BCUT2D eigenvalue weighted by Crippen LogP contribution is -2.15. The summed E-state index contributed by atoms with van der Waals surface area (Å²) in [6.45, 7) is 2.25. The summed E-state index contributed by atoms with van der Waals surface area (Å²) in [5.74, 6) is 0.959.